The number of hydrogen-bond acceptors (Lipinski definition) is 10. The van der Waals surface area contributed by atoms with Gasteiger partial charge in [0.05, 0.1) is 24.1 Å². The van der Waals surface area contributed by atoms with Gasteiger partial charge in [-0.05, 0) is 0 Å². The third-order valence-electron chi connectivity index (χ3n) is 1.26. The number of carboxylic acid groups (broad SMARTS) is 4. The Morgan fingerprint density at radius 3 is 1.00 bits per heavy atom. The van der Waals surface area contributed by atoms with Crippen molar-refractivity contribution in [3.05, 3.63) is 0 Å². The molecule has 2 N–H and O–H groups in total. The summed E-state index contributed by atoms with van der Waals surface area (Å²) in [7, 11) is 0. The first-order valence-electron chi connectivity index (χ1n) is 4.25. The maximum atomic E-state index is 9.58. The molecule has 0 saturated carbocycles. The number of carboxylic acids is 4. The fraction of sp³-hybridized carbons (Fsp3) is 0.500. The third kappa shape index (κ3) is 16.6. The Balaban J connectivity index is -0.000000256. The molecule has 0 amide bonds. The summed E-state index contributed by atoms with van der Waals surface area (Å²) in [5.41, 5.74) is 0. The Kier molecular flexibility index (Phi) is 14.0. The van der Waals surface area contributed by atoms with Gasteiger partial charge in [-0.2, -0.15) is 0 Å². The Labute approximate surface area is 123 Å². The topological polar surface area (TPSA) is 201 Å². The molecule has 0 heterocycles. The molecule has 0 fully saturated rings. The summed E-state index contributed by atoms with van der Waals surface area (Å²) in [5, 5.41) is 54.7. The van der Waals surface area contributed by atoms with E-state index in [1.165, 1.54) is 0 Å². The monoisotopic (exact) mass is 384 g/mol. The van der Waals surface area contributed by atoms with E-state index < -0.39 is 48.9 Å². The molecule has 0 aliphatic carbocycles. The Morgan fingerprint density at radius 1 is 0.737 bits per heavy atom. The molecule has 0 saturated heterocycles. The molecule has 104 valence electrons. The van der Waals surface area contributed by atoms with Crippen molar-refractivity contribution in [3.63, 3.8) is 0 Å². The molecule has 19 heavy (non-hydrogen) atoms. The van der Waals surface area contributed by atoms with E-state index in [-0.39, 0.29) is 23.9 Å². The number of hydrogen-bond donors (Lipinski definition) is 2. The number of carbonyl (C=O) groups excluding carboxylic acids is 4. The van der Waals surface area contributed by atoms with E-state index >= 15 is 0 Å². The molecule has 0 aliphatic rings. The van der Waals surface area contributed by atoms with Crippen LogP contribution in [0.25, 0.3) is 0 Å². The minimum Gasteiger partial charge on any atom is -0.550 e. The second kappa shape index (κ2) is 11.7. The number of rotatable bonds is 6. The molecule has 2 unspecified atom stereocenters. The van der Waals surface area contributed by atoms with Gasteiger partial charge in [0.15, 0.2) is 0 Å². The van der Waals surface area contributed by atoms with Crippen molar-refractivity contribution in [2.24, 2.45) is 0 Å². The van der Waals surface area contributed by atoms with Gasteiger partial charge in [0, 0.05) is 24.8 Å². The molecular formula is C8H8O10Sn. The van der Waals surface area contributed by atoms with E-state index in [0.29, 0.717) is 0 Å². The van der Waals surface area contributed by atoms with Crippen LogP contribution in [0.4, 0.5) is 0 Å². The number of aliphatic carboxylic acids is 4. The smallest absolute Gasteiger partial charge is 0.550 e. The minimum absolute atomic E-state index is 0. The Bertz CT molecular complexity index is 295. The maximum Gasteiger partial charge on any atom is 4.00 e. The molecule has 0 aromatic rings. The quantitative estimate of drug-likeness (QED) is 0.415. The Morgan fingerprint density at radius 2 is 0.947 bits per heavy atom. The van der Waals surface area contributed by atoms with Crippen LogP contribution in [0.3, 0.4) is 0 Å². The van der Waals surface area contributed by atoms with E-state index in [9.17, 15) is 39.6 Å². The number of carbonyl (C=O) groups is 4. The van der Waals surface area contributed by atoms with Gasteiger partial charge in [-0.3, -0.25) is 0 Å². The molecule has 10 nitrogen and oxygen atoms in total. The predicted octanol–water partition coefficient (Wildman–Crippen LogP) is -7.91. The fourth-order valence-electron chi connectivity index (χ4n) is 0.482. The summed E-state index contributed by atoms with van der Waals surface area (Å²) in [6, 6.07) is 0. The molecular weight excluding hydrogens is 375 g/mol. The van der Waals surface area contributed by atoms with Crippen LogP contribution in [0.15, 0.2) is 0 Å². The van der Waals surface area contributed by atoms with Crippen LogP contribution < -0.4 is 20.4 Å². The first-order valence-corrected chi connectivity index (χ1v) is 4.25. The molecule has 0 aromatic carbocycles. The standard InChI is InChI=1S/2C4H6O5.Sn/c2*5-2(4(8)9)1-3(6)7;/h2*2,5H,1H2,(H,6,7)(H,8,9);/q;;+4/p-4. The zero-order valence-electron chi connectivity index (χ0n) is 9.23. The van der Waals surface area contributed by atoms with Crippen LogP contribution in [0.1, 0.15) is 12.8 Å². The second-order valence-electron chi connectivity index (χ2n) is 2.82. The van der Waals surface area contributed by atoms with Crippen LogP contribution in [0, 0.1) is 0 Å². The fourth-order valence-corrected chi connectivity index (χ4v) is 0.482. The maximum absolute atomic E-state index is 9.58. The van der Waals surface area contributed by atoms with Gasteiger partial charge in [-0.1, -0.05) is 0 Å². The number of aliphatic hydroxyl groups excluding tert-OH is 2. The summed E-state index contributed by atoms with van der Waals surface area (Å²) in [6.07, 6.45) is -5.78. The number of aliphatic hydroxyl groups is 2. The van der Waals surface area contributed by atoms with Crippen molar-refractivity contribution in [1.82, 2.24) is 0 Å². The van der Waals surface area contributed by atoms with Gasteiger partial charge >= 0.3 is 23.9 Å². The SMILES string of the molecule is O=C([O-])CC(O)C(=O)[O-].O=C([O-])CC(O)C(=O)[O-].[Sn+4]. The van der Waals surface area contributed by atoms with Crippen molar-refractivity contribution >= 4 is 47.8 Å². The second-order valence-corrected chi connectivity index (χ2v) is 2.82. The molecule has 0 aromatic heterocycles. The van der Waals surface area contributed by atoms with Crippen molar-refractivity contribution in [2.45, 2.75) is 25.0 Å². The summed E-state index contributed by atoms with van der Waals surface area (Å²) in [6.45, 7) is 0. The normalized spacial score (nSPS) is 11.9. The minimum atomic E-state index is -1.96. The summed E-state index contributed by atoms with van der Waals surface area (Å²) in [5.74, 6) is -6.85. The van der Waals surface area contributed by atoms with E-state index in [1.807, 2.05) is 0 Å². The molecule has 11 heteroatoms. The van der Waals surface area contributed by atoms with Crippen LogP contribution in [-0.2, 0) is 19.2 Å². The van der Waals surface area contributed by atoms with Gasteiger partial charge in [0.2, 0.25) is 0 Å². The largest absolute Gasteiger partial charge is 4.00 e. The zero-order valence-corrected chi connectivity index (χ0v) is 12.1. The first-order chi connectivity index (χ1) is 8.07. The average molecular weight is 383 g/mol. The average Bonchev–Trinajstić information content (AvgIpc) is 2.16. The molecule has 0 radical (unpaired) electrons. The first kappa shape index (κ1) is 22.8. The van der Waals surface area contributed by atoms with Crippen molar-refractivity contribution in [3.8, 4) is 0 Å². The molecule has 2 atom stereocenters. The van der Waals surface area contributed by atoms with E-state index in [4.69, 9.17) is 10.2 Å². The van der Waals surface area contributed by atoms with Gasteiger partial charge in [0.1, 0.15) is 0 Å². The van der Waals surface area contributed by atoms with E-state index in [0.717, 1.165) is 0 Å². The van der Waals surface area contributed by atoms with Crippen molar-refractivity contribution < 1.29 is 49.8 Å². The predicted molar refractivity (Wildman–Crippen MR) is 47.0 cm³/mol. The molecule has 0 rings (SSSR count). The molecule has 0 bridgehead atoms. The van der Waals surface area contributed by atoms with Crippen molar-refractivity contribution in [2.75, 3.05) is 0 Å². The summed E-state index contributed by atoms with van der Waals surface area (Å²) < 4.78 is 0. The van der Waals surface area contributed by atoms with Crippen LogP contribution in [-0.4, -0.2) is 70.2 Å². The summed E-state index contributed by atoms with van der Waals surface area (Å²) >= 11 is 0. The van der Waals surface area contributed by atoms with Crippen molar-refractivity contribution in [1.29, 1.82) is 0 Å². The Hall–Kier alpha value is -1.40. The van der Waals surface area contributed by atoms with Gasteiger partial charge in [0.25, 0.3) is 0 Å². The van der Waals surface area contributed by atoms with Crippen LogP contribution >= 0.6 is 0 Å². The molecule has 0 spiro atoms. The van der Waals surface area contributed by atoms with Gasteiger partial charge in [-0.25, -0.2) is 0 Å². The zero-order chi connectivity index (χ0) is 14.9. The van der Waals surface area contributed by atoms with Crippen LogP contribution in [0.5, 0.6) is 0 Å². The van der Waals surface area contributed by atoms with E-state index in [1.54, 1.807) is 0 Å². The van der Waals surface area contributed by atoms with E-state index in [2.05, 4.69) is 0 Å². The van der Waals surface area contributed by atoms with Gasteiger partial charge < -0.3 is 49.8 Å². The molecule has 0 aliphatic heterocycles. The summed E-state index contributed by atoms with van der Waals surface area (Å²) in [4.78, 5) is 38.3. The van der Waals surface area contributed by atoms with Crippen LogP contribution in [0.2, 0.25) is 0 Å². The third-order valence-corrected chi connectivity index (χ3v) is 1.26. The van der Waals surface area contributed by atoms with Gasteiger partial charge in [-0.15, -0.1) is 0 Å².